The Balaban J connectivity index is 0.00000320. The van der Waals surface area contributed by atoms with Gasteiger partial charge in [0.1, 0.15) is 5.75 Å². The van der Waals surface area contributed by atoms with Gasteiger partial charge >= 0.3 is 0 Å². The van der Waals surface area contributed by atoms with Gasteiger partial charge in [0.15, 0.2) is 5.96 Å². The first-order valence-corrected chi connectivity index (χ1v) is 11.0. The number of hydrogen-bond acceptors (Lipinski definition) is 4. The van der Waals surface area contributed by atoms with Crippen LogP contribution in [-0.2, 0) is 4.74 Å². The molecule has 3 unspecified atom stereocenters. The largest absolute Gasteiger partial charge is 0.497 e. The second-order valence-electron chi connectivity index (χ2n) is 8.29. The van der Waals surface area contributed by atoms with Gasteiger partial charge in [-0.05, 0) is 63.4 Å². The van der Waals surface area contributed by atoms with Gasteiger partial charge in [-0.25, -0.2) is 0 Å². The third-order valence-corrected chi connectivity index (χ3v) is 6.34. The Hall–Kier alpha value is -1.06. The summed E-state index contributed by atoms with van der Waals surface area (Å²) in [4.78, 5) is 9.45. The van der Waals surface area contributed by atoms with E-state index in [4.69, 9.17) is 9.47 Å². The van der Waals surface area contributed by atoms with E-state index in [9.17, 15) is 0 Å². The normalized spacial score (nSPS) is 25.1. The number of halogens is 1. The van der Waals surface area contributed by atoms with E-state index in [1.165, 1.54) is 24.8 Å². The number of likely N-dealkylation sites (tertiary alicyclic amines) is 2. The van der Waals surface area contributed by atoms with Gasteiger partial charge in [0.2, 0.25) is 0 Å². The molecule has 1 aromatic rings. The predicted molar refractivity (Wildman–Crippen MR) is 134 cm³/mol. The van der Waals surface area contributed by atoms with Crippen LogP contribution >= 0.6 is 24.0 Å². The molecule has 7 heteroatoms. The number of nitrogens with zero attached hydrogens (tertiary/aromatic N) is 3. The molecule has 0 saturated carbocycles. The van der Waals surface area contributed by atoms with Crippen LogP contribution < -0.4 is 10.1 Å². The molecular formula is C23H39IN4O2. The lowest BCUT2D eigenvalue weighted by Crippen LogP contribution is -2.46. The molecule has 1 N–H and O–H groups in total. The molecule has 0 spiro atoms. The maximum absolute atomic E-state index is 5.62. The van der Waals surface area contributed by atoms with E-state index in [0.717, 1.165) is 51.1 Å². The third-order valence-electron chi connectivity index (χ3n) is 6.34. The second kappa shape index (κ2) is 12.7. The van der Waals surface area contributed by atoms with Gasteiger partial charge in [-0.1, -0.05) is 12.1 Å². The predicted octanol–water partition coefficient (Wildman–Crippen LogP) is 3.63. The van der Waals surface area contributed by atoms with Crippen LogP contribution in [0.25, 0.3) is 0 Å². The van der Waals surface area contributed by atoms with Crippen LogP contribution in [0.4, 0.5) is 0 Å². The van der Waals surface area contributed by atoms with Crippen LogP contribution in [0.15, 0.2) is 29.3 Å². The van der Waals surface area contributed by atoms with Crippen molar-refractivity contribution in [3.8, 4) is 5.75 Å². The molecule has 170 valence electrons. The van der Waals surface area contributed by atoms with E-state index < -0.39 is 0 Å². The van der Waals surface area contributed by atoms with Gasteiger partial charge in [-0.3, -0.25) is 9.89 Å². The van der Waals surface area contributed by atoms with Gasteiger partial charge in [-0.2, -0.15) is 0 Å². The maximum Gasteiger partial charge on any atom is 0.193 e. The van der Waals surface area contributed by atoms with Crippen LogP contribution in [0.5, 0.6) is 5.75 Å². The fraction of sp³-hybridized carbons (Fsp3) is 0.696. The van der Waals surface area contributed by atoms with E-state index in [1.807, 2.05) is 7.05 Å². The number of nitrogens with one attached hydrogen (secondary N) is 1. The molecular weight excluding hydrogens is 491 g/mol. The fourth-order valence-electron chi connectivity index (χ4n) is 4.80. The van der Waals surface area contributed by atoms with Crippen LogP contribution in [0.3, 0.4) is 0 Å². The van der Waals surface area contributed by atoms with Gasteiger partial charge in [0, 0.05) is 45.2 Å². The first-order valence-electron chi connectivity index (χ1n) is 11.0. The lowest BCUT2D eigenvalue weighted by Gasteiger charge is -2.40. The Labute approximate surface area is 199 Å². The van der Waals surface area contributed by atoms with E-state index in [0.29, 0.717) is 17.9 Å². The van der Waals surface area contributed by atoms with Crippen molar-refractivity contribution < 1.29 is 9.47 Å². The van der Waals surface area contributed by atoms with Crippen LogP contribution in [0.1, 0.15) is 37.8 Å². The summed E-state index contributed by atoms with van der Waals surface area (Å²) in [5.41, 5.74) is 1.37. The number of piperidine rings is 1. The molecule has 0 amide bonds. The minimum absolute atomic E-state index is 0. The first kappa shape index (κ1) is 25.2. The molecule has 2 aliphatic rings. The van der Waals surface area contributed by atoms with E-state index in [1.54, 1.807) is 7.11 Å². The van der Waals surface area contributed by atoms with E-state index in [-0.39, 0.29) is 24.0 Å². The first-order chi connectivity index (χ1) is 14.2. The summed E-state index contributed by atoms with van der Waals surface area (Å²) < 4.78 is 11.0. The van der Waals surface area contributed by atoms with E-state index in [2.05, 4.69) is 58.3 Å². The Bertz CT molecular complexity index is 655. The molecule has 0 aliphatic carbocycles. The summed E-state index contributed by atoms with van der Waals surface area (Å²) in [6.45, 7) is 7.90. The van der Waals surface area contributed by atoms with E-state index >= 15 is 0 Å². The highest BCUT2D eigenvalue weighted by atomic mass is 127. The van der Waals surface area contributed by atoms with Crippen molar-refractivity contribution >= 4 is 29.9 Å². The standard InChI is InChI=1S/C23H38N4O2.HI/c1-5-29-17-18-12-14-27(16-18)23(24-2)25-15-20-7-6-13-26(3)22(20)19-8-10-21(28-4)11-9-19;/h8-11,18,20,22H,5-7,12-17H2,1-4H3,(H,24,25);1H. The van der Waals surface area contributed by atoms with Crippen molar-refractivity contribution in [2.45, 2.75) is 32.2 Å². The molecule has 2 fully saturated rings. The highest BCUT2D eigenvalue weighted by Gasteiger charge is 2.31. The molecule has 1 aromatic carbocycles. The fourth-order valence-corrected chi connectivity index (χ4v) is 4.80. The molecule has 2 heterocycles. The Morgan fingerprint density at radius 3 is 2.63 bits per heavy atom. The third kappa shape index (κ3) is 6.47. The van der Waals surface area contributed by atoms with Crippen molar-refractivity contribution in [3.05, 3.63) is 29.8 Å². The van der Waals surface area contributed by atoms with Gasteiger partial charge in [0.05, 0.1) is 13.7 Å². The van der Waals surface area contributed by atoms with Gasteiger partial charge in [-0.15, -0.1) is 24.0 Å². The minimum atomic E-state index is 0. The number of methoxy groups -OCH3 is 1. The topological polar surface area (TPSA) is 49.3 Å². The average molecular weight is 530 g/mol. The highest BCUT2D eigenvalue weighted by Crippen LogP contribution is 2.35. The Morgan fingerprint density at radius 1 is 1.20 bits per heavy atom. The summed E-state index contributed by atoms with van der Waals surface area (Å²) in [7, 11) is 5.86. The van der Waals surface area contributed by atoms with Crippen molar-refractivity contribution in [3.63, 3.8) is 0 Å². The number of guanidine groups is 1. The zero-order valence-corrected chi connectivity index (χ0v) is 21.3. The molecule has 0 aromatic heterocycles. The lowest BCUT2D eigenvalue weighted by molar-refractivity contribution is 0.114. The summed E-state index contributed by atoms with van der Waals surface area (Å²) >= 11 is 0. The summed E-state index contributed by atoms with van der Waals surface area (Å²) in [6, 6.07) is 9.00. The molecule has 6 nitrogen and oxygen atoms in total. The summed E-state index contributed by atoms with van der Waals surface area (Å²) in [6.07, 6.45) is 3.66. The maximum atomic E-state index is 5.62. The number of hydrogen-bond donors (Lipinski definition) is 1. The smallest absolute Gasteiger partial charge is 0.193 e. The number of aliphatic imine (C=N–C) groups is 1. The number of benzene rings is 1. The lowest BCUT2D eigenvalue weighted by atomic mass is 9.85. The molecule has 0 bridgehead atoms. The molecule has 2 aliphatic heterocycles. The molecule has 3 rings (SSSR count). The van der Waals surface area contributed by atoms with Crippen LogP contribution in [0, 0.1) is 11.8 Å². The van der Waals surface area contributed by atoms with Crippen LogP contribution in [0.2, 0.25) is 0 Å². The number of rotatable bonds is 7. The zero-order valence-electron chi connectivity index (χ0n) is 19.0. The quantitative estimate of drug-likeness (QED) is 0.332. The van der Waals surface area contributed by atoms with Crippen molar-refractivity contribution in [2.24, 2.45) is 16.8 Å². The highest BCUT2D eigenvalue weighted by molar-refractivity contribution is 14.0. The van der Waals surface area contributed by atoms with Crippen LogP contribution in [-0.4, -0.2) is 76.4 Å². The molecule has 2 saturated heterocycles. The summed E-state index contributed by atoms with van der Waals surface area (Å²) in [5, 5.41) is 3.68. The monoisotopic (exact) mass is 530 g/mol. The van der Waals surface area contributed by atoms with Crippen molar-refractivity contribution in [1.82, 2.24) is 15.1 Å². The zero-order chi connectivity index (χ0) is 20.6. The molecule has 30 heavy (non-hydrogen) atoms. The Morgan fingerprint density at radius 2 is 1.97 bits per heavy atom. The van der Waals surface area contributed by atoms with Gasteiger partial charge in [0.25, 0.3) is 0 Å². The minimum Gasteiger partial charge on any atom is -0.497 e. The molecule has 3 atom stereocenters. The summed E-state index contributed by atoms with van der Waals surface area (Å²) in [5.74, 6) is 3.12. The average Bonchev–Trinajstić information content (AvgIpc) is 3.22. The second-order valence-corrected chi connectivity index (χ2v) is 8.29. The number of ether oxygens (including phenoxy) is 2. The SMILES string of the molecule is CCOCC1CCN(C(=NC)NCC2CCCN(C)C2c2ccc(OC)cc2)C1.I. The Kier molecular flexibility index (Phi) is 10.7. The van der Waals surface area contributed by atoms with Crippen molar-refractivity contribution in [2.75, 3.05) is 60.6 Å². The molecule has 0 radical (unpaired) electrons. The van der Waals surface area contributed by atoms with Gasteiger partial charge < -0.3 is 19.7 Å². The van der Waals surface area contributed by atoms with Crippen molar-refractivity contribution in [1.29, 1.82) is 0 Å².